The standard InChI is InChI=1S/C8H9FN2/c1-6(4-10)8-3-2-7(9)5-11-8/h2-3,5H,1,4,10H2. The molecule has 58 valence electrons. The highest BCUT2D eigenvalue weighted by Gasteiger charge is 1.97. The van der Waals surface area contributed by atoms with Gasteiger partial charge >= 0.3 is 0 Å². The van der Waals surface area contributed by atoms with Crippen LogP contribution in [0, 0.1) is 5.82 Å². The normalized spacial score (nSPS) is 9.64. The predicted octanol–water partition coefficient (Wildman–Crippen LogP) is 1.19. The summed E-state index contributed by atoms with van der Waals surface area (Å²) in [6.07, 6.45) is 1.15. The summed E-state index contributed by atoms with van der Waals surface area (Å²) in [5.74, 6) is -0.349. The third kappa shape index (κ3) is 1.85. The minimum absolute atomic E-state index is 0.346. The van der Waals surface area contributed by atoms with Gasteiger partial charge in [-0.1, -0.05) is 6.58 Å². The Morgan fingerprint density at radius 2 is 2.36 bits per heavy atom. The molecule has 0 aliphatic carbocycles. The molecule has 0 bridgehead atoms. The molecule has 2 nitrogen and oxygen atoms in total. The van der Waals surface area contributed by atoms with Gasteiger partial charge in [0, 0.05) is 6.54 Å². The third-order valence-electron chi connectivity index (χ3n) is 1.34. The van der Waals surface area contributed by atoms with Crippen molar-refractivity contribution in [2.24, 2.45) is 5.73 Å². The van der Waals surface area contributed by atoms with Crippen LogP contribution in [0.2, 0.25) is 0 Å². The van der Waals surface area contributed by atoms with Gasteiger partial charge in [0.05, 0.1) is 11.9 Å². The molecule has 0 amide bonds. The highest BCUT2D eigenvalue weighted by molar-refractivity contribution is 5.60. The maximum absolute atomic E-state index is 12.3. The highest BCUT2D eigenvalue weighted by atomic mass is 19.1. The quantitative estimate of drug-likeness (QED) is 0.691. The smallest absolute Gasteiger partial charge is 0.141 e. The lowest BCUT2D eigenvalue weighted by Gasteiger charge is -1.99. The van der Waals surface area contributed by atoms with E-state index in [9.17, 15) is 4.39 Å². The first-order chi connectivity index (χ1) is 5.24. The van der Waals surface area contributed by atoms with Crippen molar-refractivity contribution in [2.45, 2.75) is 0 Å². The molecule has 2 N–H and O–H groups in total. The molecule has 0 aliphatic heterocycles. The Balaban J connectivity index is 2.90. The van der Waals surface area contributed by atoms with Crippen LogP contribution >= 0.6 is 0 Å². The van der Waals surface area contributed by atoms with Crippen molar-refractivity contribution in [3.8, 4) is 0 Å². The monoisotopic (exact) mass is 152 g/mol. The summed E-state index contributed by atoms with van der Waals surface area (Å²) in [5, 5.41) is 0. The molecular weight excluding hydrogens is 143 g/mol. The van der Waals surface area contributed by atoms with E-state index in [0.717, 1.165) is 6.20 Å². The second-order valence-electron chi connectivity index (χ2n) is 2.17. The number of halogens is 1. The van der Waals surface area contributed by atoms with Gasteiger partial charge in [0.2, 0.25) is 0 Å². The van der Waals surface area contributed by atoms with E-state index in [2.05, 4.69) is 11.6 Å². The topological polar surface area (TPSA) is 38.9 Å². The van der Waals surface area contributed by atoms with Crippen LogP contribution < -0.4 is 5.73 Å². The molecule has 0 spiro atoms. The van der Waals surface area contributed by atoms with Gasteiger partial charge in [0.25, 0.3) is 0 Å². The largest absolute Gasteiger partial charge is 0.326 e. The number of nitrogens with two attached hydrogens (primary N) is 1. The molecule has 1 aromatic heterocycles. The van der Waals surface area contributed by atoms with E-state index < -0.39 is 0 Å². The predicted molar refractivity (Wildman–Crippen MR) is 42.3 cm³/mol. The molecule has 0 unspecified atom stereocenters. The van der Waals surface area contributed by atoms with Crippen LogP contribution in [0.4, 0.5) is 4.39 Å². The van der Waals surface area contributed by atoms with Crippen LogP contribution in [0.15, 0.2) is 24.9 Å². The molecule has 0 atom stereocenters. The molecule has 0 saturated carbocycles. The summed E-state index contributed by atoms with van der Waals surface area (Å²) in [6, 6.07) is 2.90. The van der Waals surface area contributed by atoms with E-state index in [1.165, 1.54) is 6.07 Å². The van der Waals surface area contributed by atoms with Crippen molar-refractivity contribution < 1.29 is 4.39 Å². The maximum atomic E-state index is 12.3. The first kappa shape index (κ1) is 7.88. The fourth-order valence-electron chi connectivity index (χ4n) is 0.690. The molecule has 1 aromatic rings. The fraction of sp³-hybridized carbons (Fsp3) is 0.125. The van der Waals surface area contributed by atoms with Gasteiger partial charge < -0.3 is 5.73 Å². The molecule has 0 aliphatic rings. The van der Waals surface area contributed by atoms with Crippen LogP contribution in [0.1, 0.15) is 5.69 Å². The Hall–Kier alpha value is -1.22. The van der Waals surface area contributed by atoms with Crippen molar-refractivity contribution in [1.82, 2.24) is 4.98 Å². The zero-order valence-electron chi connectivity index (χ0n) is 6.05. The maximum Gasteiger partial charge on any atom is 0.141 e. The first-order valence-electron chi connectivity index (χ1n) is 3.24. The number of nitrogens with zero attached hydrogens (tertiary/aromatic N) is 1. The van der Waals surface area contributed by atoms with E-state index in [1.54, 1.807) is 6.07 Å². The number of hydrogen-bond acceptors (Lipinski definition) is 2. The van der Waals surface area contributed by atoms with Gasteiger partial charge in [-0.25, -0.2) is 4.39 Å². The molecular formula is C8H9FN2. The summed E-state index contributed by atoms with van der Waals surface area (Å²) in [7, 11) is 0. The van der Waals surface area contributed by atoms with E-state index in [1.807, 2.05) is 0 Å². The summed E-state index contributed by atoms with van der Waals surface area (Å²) >= 11 is 0. The van der Waals surface area contributed by atoms with Crippen molar-refractivity contribution in [1.29, 1.82) is 0 Å². The SMILES string of the molecule is C=C(CN)c1ccc(F)cn1. The molecule has 1 heterocycles. The van der Waals surface area contributed by atoms with Crippen LogP contribution in [0.3, 0.4) is 0 Å². The van der Waals surface area contributed by atoms with Crippen LogP contribution in [0.25, 0.3) is 5.57 Å². The average molecular weight is 152 g/mol. The first-order valence-corrected chi connectivity index (χ1v) is 3.24. The van der Waals surface area contributed by atoms with Crippen LogP contribution in [-0.2, 0) is 0 Å². The zero-order chi connectivity index (χ0) is 8.27. The molecule has 11 heavy (non-hydrogen) atoms. The van der Waals surface area contributed by atoms with Crippen molar-refractivity contribution in [3.63, 3.8) is 0 Å². The lowest BCUT2D eigenvalue weighted by Crippen LogP contribution is -2.02. The lowest BCUT2D eigenvalue weighted by molar-refractivity contribution is 0.621. The molecule has 0 aromatic carbocycles. The zero-order valence-corrected chi connectivity index (χ0v) is 6.05. The third-order valence-corrected chi connectivity index (χ3v) is 1.34. The molecule has 3 heteroatoms. The summed E-state index contributed by atoms with van der Waals surface area (Å²) in [5.41, 5.74) is 6.67. The van der Waals surface area contributed by atoms with Gasteiger partial charge in [0.15, 0.2) is 0 Å². The van der Waals surface area contributed by atoms with Gasteiger partial charge in [-0.05, 0) is 17.7 Å². The van der Waals surface area contributed by atoms with E-state index in [-0.39, 0.29) is 5.82 Å². The lowest BCUT2D eigenvalue weighted by atomic mass is 10.2. The highest BCUT2D eigenvalue weighted by Crippen LogP contribution is 2.06. The summed E-state index contributed by atoms with van der Waals surface area (Å²) in [6.45, 7) is 4.01. The number of pyridine rings is 1. The molecule has 0 saturated heterocycles. The van der Waals surface area contributed by atoms with Gasteiger partial charge in [-0.15, -0.1) is 0 Å². The summed E-state index contributed by atoms with van der Waals surface area (Å²) < 4.78 is 12.3. The van der Waals surface area contributed by atoms with Crippen LogP contribution in [-0.4, -0.2) is 11.5 Å². The van der Waals surface area contributed by atoms with E-state index in [0.29, 0.717) is 17.8 Å². The second-order valence-corrected chi connectivity index (χ2v) is 2.17. The Bertz CT molecular complexity index is 253. The molecule has 1 rings (SSSR count). The minimum Gasteiger partial charge on any atom is -0.326 e. The number of rotatable bonds is 2. The molecule has 0 radical (unpaired) electrons. The second kappa shape index (κ2) is 3.25. The van der Waals surface area contributed by atoms with Gasteiger partial charge in [-0.3, -0.25) is 4.98 Å². The number of aromatic nitrogens is 1. The van der Waals surface area contributed by atoms with E-state index >= 15 is 0 Å². The Labute approximate surface area is 64.6 Å². The Morgan fingerprint density at radius 3 is 2.82 bits per heavy atom. The van der Waals surface area contributed by atoms with Crippen LogP contribution in [0.5, 0.6) is 0 Å². The number of hydrogen-bond donors (Lipinski definition) is 1. The van der Waals surface area contributed by atoms with Crippen molar-refractivity contribution in [3.05, 3.63) is 36.4 Å². The summed E-state index contributed by atoms with van der Waals surface area (Å²) in [4.78, 5) is 3.79. The Kier molecular flexibility index (Phi) is 2.33. The van der Waals surface area contributed by atoms with Gasteiger partial charge in [-0.2, -0.15) is 0 Å². The Morgan fingerprint density at radius 1 is 1.64 bits per heavy atom. The fourth-order valence-corrected chi connectivity index (χ4v) is 0.690. The average Bonchev–Trinajstić information content (AvgIpc) is 2.05. The van der Waals surface area contributed by atoms with E-state index in [4.69, 9.17) is 5.73 Å². The molecule has 0 fully saturated rings. The van der Waals surface area contributed by atoms with Gasteiger partial charge in [0.1, 0.15) is 5.82 Å². The minimum atomic E-state index is -0.349. The van der Waals surface area contributed by atoms with Crippen molar-refractivity contribution in [2.75, 3.05) is 6.54 Å². The van der Waals surface area contributed by atoms with Crippen molar-refractivity contribution >= 4 is 5.57 Å².